The monoisotopic (exact) mass is 393 g/mol. The Morgan fingerprint density at radius 1 is 1.46 bits per heavy atom. The normalized spacial score (nSPS) is 17.3. The van der Waals surface area contributed by atoms with E-state index in [0.717, 1.165) is 5.01 Å². The summed E-state index contributed by atoms with van der Waals surface area (Å²) < 4.78 is 18.7. The van der Waals surface area contributed by atoms with Gasteiger partial charge < -0.3 is 9.64 Å². The Hall–Kier alpha value is -2.25. The first kappa shape index (κ1) is 18.5. The van der Waals surface area contributed by atoms with Gasteiger partial charge in [0, 0.05) is 34.9 Å². The molecular formula is C18H17ClFN3O2S. The number of hydrogen-bond acceptors (Lipinski definition) is 6. The number of ether oxygens (including phenoxy) is 1. The van der Waals surface area contributed by atoms with E-state index in [4.69, 9.17) is 21.3 Å². The first-order chi connectivity index (χ1) is 12.4. The number of amidine groups is 1. The number of nitrogens with zero attached hydrogens (tertiary/aromatic N) is 3. The largest absolute Gasteiger partial charge is 0.463 e. The molecule has 1 aromatic carbocycles. The van der Waals surface area contributed by atoms with Crippen LogP contribution in [0.1, 0.15) is 30.5 Å². The van der Waals surface area contributed by atoms with Gasteiger partial charge >= 0.3 is 5.97 Å². The fourth-order valence-electron chi connectivity index (χ4n) is 2.76. The number of thiazole rings is 1. The topological polar surface area (TPSA) is 54.8 Å². The molecule has 0 saturated heterocycles. The number of aromatic nitrogens is 1. The molecule has 0 radical (unpaired) electrons. The van der Waals surface area contributed by atoms with Gasteiger partial charge in [0.25, 0.3) is 0 Å². The van der Waals surface area contributed by atoms with Gasteiger partial charge in [-0.15, -0.1) is 11.3 Å². The van der Waals surface area contributed by atoms with Crippen molar-refractivity contribution in [3.63, 3.8) is 0 Å². The number of esters is 1. The third-order valence-corrected chi connectivity index (χ3v) is 5.21. The molecule has 0 N–H and O–H groups in total. The fraction of sp³-hybridized carbons (Fsp3) is 0.278. The molecule has 136 valence electrons. The van der Waals surface area contributed by atoms with Crippen molar-refractivity contribution in [3.05, 3.63) is 62.5 Å². The molecular weight excluding hydrogens is 377 g/mol. The van der Waals surface area contributed by atoms with Crippen LogP contribution >= 0.6 is 22.9 Å². The summed E-state index contributed by atoms with van der Waals surface area (Å²) >= 11 is 7.70. The Morgan fingerprint density at radius 2 is 2.23 bits per heavy atom. The van der Waals surface area contributed by atoms with Gasteiger partial charge in [-0.2, -0.15) is 0 Å². The van der Waals surface area contributed by atoms with Gasteiger partial charge in [0.15, 0.2) is 10.8 Å². The molecule has 1 aliphatic heterocycles. The summed E-state index contributed by atoms with van der Waals surface area (Å²) in [5.41, 5.74) is 1.61. The summed E-state index contributed by atoms with van der Waals surface area (Å²) in [4.78, 5) is 23.4. The SMILES string of the molecule is CCOC(=O)C1=C(C)N(C)C(c2nccs2)=NC1c1ccc(F)cc1Cl. The van der Waals surface area contributed by atoms with Crippen molar-refractivity contribution < 1.29 is 13.9 Å². The van der Waals surface area contributed by atoms with Crippen LogP contribution < -0.4 is 0 Å². The highest BCUT2D eigenvalue weighted by atomic mass is 35.5. The molecule has 3 rings (SSSR count). The lowest BCUT2D eigenvalue weighted by Gasteiger charge is -2.32. The van der Waals surface area contributed by atoms with E-state index in [0.29, 0.717) is 22.7 Å². The quantitative estimate of drug-likeness (QED) is 0.730. The van der Waals surface area contributed by atoms with E-state index >= 15 is 0 Å². The average molecular weight is 394 g/mol. The van der Waals surface area contributed by atoms with Gasteiger partial charge in [0.05, 0.1) is 12.2 Å². The van der Waals surface area contributed by atoms with Gasteiger partial charge in [0.2, 0.25) is 0 Å². The van der Waals surface area contributed by atoms with Crippen LogP contribution in [0.25, 0.3) is 0 Å². The van der Waals surface area contributed by atoms with Gasteiger partial charge in [-0.25, -0.2) is 14.2 Å². The van der Waals surface area contributed by atoms with Gasteiger partial charge in [0.1, 0.15) is 11.9 Å². The van der Waals surface area contributed by atoms with Crippen LogP contribution in [0.5, 0.6) is 0 Å². The van der Waals surface area contributed by atoms with Gasteiger partial charge in [-0.05, 0) is 26.0 Å². The molecule has 2 aromatic rings. The molecule has 0 saturated carbocycles. The molecule has 0 amide bonds. The van der Waals surface area contributed by atoms with E-state index in [1.165, 1.54) is 23.5 Å². The minimum absolute atomic E-state index is 0.205. The van der Waals surface area contributed by atoms with Crippen molar-refractivity contribution in [3.8, 4) is 0 Å². The Balaban J connectivity index is 2.17. The molecule has 1 aromatic heterocycles. The molecule has 5 nitrogen and oxygen atoms in total. The molecule has 0 bridgehead atoms. The molecule has 1 aliphatic rings. The highest BCUT2D eigenvalue weighted by Gasteiger charge is 2.34. The Labute approximate surface area is 159 Å². The Morgan fingerprint density at radius 3 is 2.85 bits per heavy atom. The number of carbonyl (C=O) groups is 1. The number of benzene rings is 1. The third kappa shape index (κ3) is 3.37. The number of allylic oxidation sites excluding steroid dienone is 1. The lowest BCUT2D eigenvalue weighted by molar-refractivity contribution is -0.139. The molecule has 0 spiro atoms. The van der Waals surface area contributed by atoms with Crippen LogP contribution in [0.2, 0.25) is 5.02 Å². The zero-order chi connectivity index (χ0) is 18.8. The van der Waals surface area contributed by atoms with Crippen LogP contribution in [-0.4, -0.2) is 35.3 Å². The highest BCUT2D eigenvalue weighted by molar-refractivity contribution is 7.11. The summed E-state index contributed by atoms with van der Waals surface area (Å²) in [6, 6.07) is 3.36. The first-order valence-electron chi connectivity index (χ1n) is 7.98. The first-order valence-corrected chi connectivity index (χ1v) is 9.24. The van der Waals surface area contributed by atoms with Crippen molar-refractivity contribution in [2.75, 3.05) is 13.7 Å². The van der Waals surface area contributed by atoms with E-state index in [9.17, 15) is 9.18 Å². The molecule has 0 fully saturated rings. The van der Waals surface area contributed by atoms with Crippen molar-refractivity contribution in [2.45, 2.75) is 19.9 Å². The zero-order valence-electron chi connectivity index (χ0n) is 14.5. The fourth-order valence-corrected chi connectivity index (χ4v) is 3.70. The number of halogens is 2. The molecule has 0 aliphatic carbocycles. The number of hydrogen-bond donors (Lipinski definition) is 0. The van der Waals surface area contributed by atoms with E-state index in [-0.39, 0.29) is 11.6 Å². The standard InChI is InChI=1S/C18H17ClFN3O2S/c1-4-25-18(24)14-10(2)23(3)16(17-21-7-8-26-17)22-15(14)12-6-5-11(20)9-13(12)19/h5-9,15H,4H2,1-3H3. The van der Waals surface area contributed by atoms with Crippen molar-refractivity contribution in [1.82, 2.24) is 9.88 Å². The Bertz CT molecular complexity index is 896. The molecule has 8 heteroatoms. The van der Waals surface area contributed by atoms with Gasteiger partial charge in [-0.1, -0.05) is 17.7 Å². The van der Waals surface area contributed by atoms with Crippen LogP contribution in [0, 0.1) is 5.82 Å². The summed E-state index contributed by atoms with van der Waals surface area (Å²) in [5.74, 6) is -0.297. The second-order valence-corrected chi connectivity index (χ2v) is 6.94. The summed E-state index contributed by atoms with van der Waals surface area (Å²) in [6.07, 6.45) is 1.69. The maximum atomic E-state index is 13.5. The molecule has 2 heterocycles. The summed E-state index contributed by atoms with van der Waals surface area (Å²) in [7, 11) is 1.82. The second kappa shape index (κ2) is 7.55. The molecule has 1 unspecified atom stereocenters. The van der Waals surface area contributed by atoms with Crippen LogP contribution in [0.4, 0.5) is 4.39 Å². The number of aliphatic imine (C=N–C) groups is 1. The van der Waals surface area contributed by atoms with Gasteiger partial charge in [-0.3, -0.25) is 4.99 Å². The van der Waals surface area contributed by atoms with Crippen LogP contribution in [0.15, 0.2) is 46.0 Å². The van der Waals surface area contributed by atoms with Crippen molar-refractivity contribution in [2.24, 2.45) is 4.99 Å². The van der Waals surface area contributed by atoms with E-state index in [1.807, 2.05) is 19.4 Å². The Kier molecular flexibility index (Phi) is 5.38. The predicted molar refractivity (Wildman–Crippen MR) is 99.9 cm³/mol. The van der Waals surface area contributed by atoms with E-state index < -0.39 is 17.8 Å². The minimum atomic E-state index is -0.697. The molecule has 26 heavy (non-hydrogen) atoms. The van der Waals surface area contributed by atoms with Crippen LogP contribution in [0.3, 0.4) is 0 Å². The zero-order valence-corrected chi connectivity index (χ0v) is 16.1. The van der Waals surface area contributed by atoms with Crippen molar-refractivity contribution >= 4 is 34.7 Å². The lowest BCUT2D eigenvalue weighted by atomic mass is 9.95. The summed E-state index contributed by atoms with van der Waals surface area (Å²) in [6.45, 7) is 3.80. The second-order valence-electron chi connectivity index (χ2n) is 5.64. The van der Waals surface area contributed by atoms with Crippen LogP contribution in [-0.2, 0) is 9.53 Å². The lowest BCUT2D eigenvalue weighted by Crippen LogP contribution is -2.34. The maximum Gasteiger partial charge on any atom is 0.338 e. The highest BCUT2D eigenvalue weighted by Crippen LogP contribution is 2.38. The predicted octanol–water partition coefficient (Wildman–Crippen LogP) is 4.21. The third-order valence-electron chi connectivity index (χ3n) is 4.11. The number of carbonyl (C=O) groups excluding carboxylic acids is 1. The van der Waals surface area contributed by atoms with E-state index in [1.54, 1.807) is 24.1 Å². The summed E-state index contributed by atoms with van der Waals surface area (Å²) in [5, 5.41) is 2.78. The maximum absolute atomic E-state index is 13.5. The van der Waals surface area contributed by atoms with E-state index in [2.05, 4.69) is 4.98 Å². The smallest absolute Gasteiger partial charge is 0.338 e. The average Bonchev–Trinajstić information content (AvgIpc) is 3.12. The minimum Gasteiger partial charge on any atom is -0.463 e. The van der Waals surface area contributed by atoms with Crippen molar-refractivity contribution in [1.29, 1.82) is 0 Å². The number of rotatable bonds is 4. The molecule has 1 atom stereocenters.